The van der Waals surface area contributed by atoms with Crippen molar-refractivity contribution in [3.05, 3.63) is 66.0 Å². The summed E-state index contributed by atoms with van der Waals surface area (Å²) in [5, 5.41) is 13.4. The van der Waals surface area contributed by atoms with Gasteiger partial charge in [0, 0.05) is 24.4 Å². The Kier molecular flexibility index (Phi) is 5.73. The van der Waals surface area contributed by atoms with Crippen molar-refractivity contribution in [1.29, 1.82) is 0 Å². The Morgan fingerprint density at radius 3 is 2.33 bits per heavy atom. The van der Waals surface area contributed by atoms with Crippen molar-refractivity contribution in [3.63, 3.8) is 0 Å². The van der Waals surface area contributed by atoms with Crippen molar-refractivity contribution in [1.82, 2.24) is 10.3 Å². The molecule has 2 N–H and O–H groups in total. The molecule has 0 aliphatic carbocycles. The highest BCUT2D eigenvalue weighted by Crippen LogP contribution is 2.22. The van der Waals surface area contributed by atoms with Gasteiger partial charge in [-0.2, -0.15) is 0 Å². The molecule has 1 aromatic heterocycles. The van der Waals surface area contributed by atoms with Crippen molar-refractivity contribution >= 4 is 5.91 Å². The highest BCUT2D eigenvalue weighted by molar-refractivity contribution is 5.84. The number of hydrogen-bond donors (Lipinski definition) is 2. The second kappa shape index (κ2) is 7.58. The number of rotatable bonds is 7. The summed E-state index contributed by atoms with van der Waals surface area (Å²) in [5.74, 6) is -0.333. The molecular weight excluding hydrogens is 300 g/mol. The molecule has 128 valence electrons. The molecule has 0 aliphatic heterocycles. The number of nitrogens with zero attached hydrogens (tertiary/aromatic N) is 1. The first-order valence-electron chi connectivity index (χ1n) is 8.26. The Hall–Kier alpha value is -2.20. The van der Waals surface area contributed by atoms with Gasteiger partial charge in [0.05, 0.1) is 0 Å². The number of amides is 1. The molecule has 2 rings (SSSR count). The van der Waals surface area contributed by atoms with Crippen LogP contribution in [0.1, 0.15) is 38.3 Å². The van der Waals surface area contributed by atoms with E-state index in [2.05, 4.69) is 24.1 Å². The van der Waals surface area contributed by atoms with Gasteiger partial charge in [-0.3, -0.25) is 9.78 Å². The fourth-order valence-corrected chi connectivity index (χ4v) is 2.54. The summed E-state index contributed by atoms with van der Waals surface area (Å²) < 4.78 is 0. The Balaban J connectivity index is 1.90. The lowest BCUT2D eigenvalue weighted by Gasteiger charge is -2.28. The molecular formula is C20H26N2O2. The normalized spacial score (nSPS) is 14.0. The summed E-state index contributed by atoms with van der Waals surface area (Å²) in [6.07, 6.45) is 4.54. The molecule has 4 nitrogen and oxygen atoms in total. The van der Waals surface area contributed by atoms with Crippen LogP contribution in [0.5, 0.6) is 0 Å². The number of nitrogens with one attached hydrogen (secondary N) is 1. The third kappa shape index (κ3) is 4.90. The number of aromatic nitrogens is 1. The van der Waals surface area contributed by atoms with Crippen LogP contribution in [0.3, 0.4) is 0 Å². The Bertz CT molecular complexity index is 652. The van der Waals surface area contributed by atoms with Gasteiger partial charge in [0.2, 0.25) is 0 Å². The Morgan fingerprint density at radius 2 is 1.71 bits per heavy atom. The molecule has 1 heterocycles. The largest absolute Gasteiger partial charge is 0.380 e. The second-order valence-corrected chi connectivity index (χ2v) is 7.06. The first kappa shape index (κ1) is 18.1. The van der Waals surface area contributed by atoms with Crippen molar-refractivity contribution in [2.75, 3.05) is 6.54 Å². The number of carbonyl (C=O) groups excluding carboxylic acids is 1. The van der Waals surface area contributed by atoms with Crippen LogP contribution in [-0.2, 0) is 16.6 Å². The second-order valence-electron chi connectivity index (χ2n) is 7.06. The quantitative estimate of drug-likeness (QED) is 0.822. The van der Waals surface area contributed by atoms with Gasteiger partial charge >= 0.3 is 0 Å². The van der Waals surface area contributed by atoms with E-state index in [9.17, 15) is 9.90 Å². The van der Waals surface area contributed by atoms with Gasteiger partial charge in [0.1, 0.15) is 5.60 Å². The lowest BCUT2D eigenvalue weighted by molar-refractivity contribution is -0.138. The van der Waals surface area contributed by atoms with Crippen LogP contribution in [0.25, 0.3) is 0 Å². The summed E-state index contributed by atoms with van der Waals surface area (Å²) >= 11 is 0. The topological polar surface area (TPSA) is 62.2 Å². The fourth-order valence-electron chi connectivity index (χ4n) is 2.54. The van der Waals surface area contributed by atoms with E-state index >= 15 is 0 Å². The van der Waals surface area contributed by atoms with Crippen molar-refractivity contribution < 1.29 is 9.90 Å². The summed E-state index contributed by atoms with van der Waals surface area (Å²) in [5.41, 5.74) is 0.600. The summed E-state index contributed by atoms with van der Waals surface area (Å²) in [6.45, 7) is 6.14. The highest BCUT2D eigenvalue weighted by atomic mass is 16.3. The number of carbonyl (C=O) groups is 1. The van der Waals surface area contributed by atoms with E-state index in [1.54, 1.807) is 19.3 Å². The molecule has 0 radical (unpaired) electrons. The first-order chi connectivity index (χ1) is 11.3. The Labute approximate surface area is 143 Å². The smallest absolute Gasteiger partial charge is 0.251 e. The number of benzene rings is 1. The first-order valence-corrected chi connectivity index (χ1v) is 8.26. The predicted molar refractivity (Wildman–Crippen MR) is 95.7 cm³/mol. The maximum absolute atomic E-state index is 12.4. The van der Waals surface area contributed by atoms with Crippen molar-refractivity contribution in [2.45, 2.75) is 44.6 Å². The molecule has 0 aliphatic rings. The van der Waals surface area contributed by atoms with Gasteiger partial charge in [-0.1, -0.05) is 44.2 Å². The summed E-state index contributed by atoms with van der Waals surface area (Å²) in [4.78, 5) is 16.4. The third-order valence-corrected chi connectivity index (χ3v) is 4.39. The van der Waals surface area contributed by atoms with Crippen LogP contribution < -0.4 is 5.32 Å². The van der Waals surface area contributed by atoms with E-state index in [4.69, 9.17) is 0 Å². The predicted octanol–water partition coefficient (Wildman–Crippen LogP) is 2.86. The Morgan fingerprint density at radius 1 is 1.08 bits per heavy atom. The average molecular weight is 326 g/mol. The molecule has 0 saturated heterocycles. The van der Waals surface area contributed by atoms with Crippen LogP contribution in [0.15, 0.2) is 54.9 Å². The monoisotopic (exact) mass is 326 g/mol. The van der Waals surface area contributed by atoms with Crippen LogP contribution >= 0.6 is 0 Å². The molecule has 1 aromatic carbocycles. The van der Waals surface area contributed by atoms with Gasteiger partial charge in [-0.15, -0.1) is 0 Å². The molecule has 4 heteroatoms. The minimum absolute atomic E-state index is 0.228. The average Bonchev–Trinajstić information content (AvgIpc) is 2.59. The maximum atomic E-state index is 12.4. The zero-order chi connectivity index (χ0) is 17.6. The zero-order valence-corrected chi connectivity index (χ0v) is 14.6. The lowest BCUT2D eigenvalue weighted by atomic mass is 9.85. The molecule has 1 atom stereocenters. The van der Waals surface area contributed by atoms with E-state index in [0.29, 0.717) is 19.4 Å². The molecule has 0 unspecified atom stereocenters. The highest BCUT2D eigenvalue weighted by Gasteiger charge is 2.31. The third-order valence-electron chi connectivity index (χ3n) is 4.39. The number of pyridine rings is 1. The number of aliphatic hydroxyl groups is 1. The van der Waals surface area contributed by atoms with Gasteiger partial charge < -0.3 is 10.4 Å². The molecule has 0 spiro atoms. The molecule has 0 saturated carbocycles. The van der Waals surface area contributed by atoms with Crippen LogP contribution in [0, 0.1) is 0 Å². The van der Waals surface area contributed by atoms with Gasteiger partial charge in [-0.05, 0) is 43.0 Å². The van der Waals surface area contributed by atoms with Crippen LogP contribution in [0.4, 0.5) is 0 Å². The van der Waals surface area contributed by atoms with Gasteiger partial charge in [0.25, 0.3) is 5.91 Å². The summed E-state index contributed by atoms with van der Waals surface area (Å²) in [7, 11) is 0. The zero-order valence-electron chi connectivity index (χ0n) is 14.6. The lowest BCUT2D eigenvalue weighted by Crippen LogP contribution is -2.48. The summed E-state index contributed by atoms with van der Waals surface area (Å²) in [6, 6.07) is 13.8. The molecule has 0 fully saturated rings. The minimum Gasteiger partial charge on any atom is -0.380 e. The van der Waals surface area contributed by atoms with E-state index < -0.39 is 5.60 Å². The van der Waals surface area contributed by atoms with E-state index in [1.807, 2.05) is 42.5 Å². The van der Waals surface area contributed by atoms with Crippen molar-refractivity contribution in [2.24, 2.45) is 0 Å². The minimum atomic E-state index is -1.38. The van der Waals surface area contributed by atoms with Gasteiger partial charge in [0.15, 0.2) is 0 Å². The van der Waals surface area contributed by atoms with Crippen molar-refractivity contribution in [3.8, 4) is 0 Å². The van der Waals surface area contributed by atoms with E-state index in [0.717, 1.165) is 11.1 Å². The van der Waals surface area contributed by atoms with Crippen LogP contribution in [0.2, 0.25) is 0 Å². The van der Waals surface area contributed by atoms with Crippen LogP contribution in [-0.4, -0.2) is 28.1 Å². The fraction of sp³-hybridized carbons (Fsp3) is 0.400. The molecule has 2 aromatic rings. The maximum Gasteiger partial charge on any atom is 0.251 e. The molecule has 1 amide bonds. The van der Waals surface area contributed by atoms with Gasteiger partial charge in [-0.25, -0.2) is 0 Å². The number of aryl methyl sites for hydroxylation is 1. The SMILES string of the molecule is CC(C)(CNC(=O)[C@@](C)(O)CCc1ccccc1)c1ccncc1. The van der Waals surface area contributed by atoms with E-state index in [1.165, 1.54) is 0 Å². The van der Waals surface area contributed by atoms with E-state index in [-0.39, 0.29) is 11.3 Å². The standard InChI is InChI=1S/C20H26N2O2/c1-19(2,17-10-13-21-14-11-17)15-22-18(23)20(3,24)12-9-16-7-5-4-6-8-16/h4-8,10-11,13-14,24H,9,12,15H2,1-3H3,(H,22,23)/t20-/m0/s1. The molecule has 24 heavy (non-hydrogen) atoms. The molecule has 0 bridgehead atoms. The number of hydrogen-bond acceptors (Lipinski definition) is 3.